The number of para-hydroxylation sites is 1. The van der Waals surface area contributed by atoms with E-state index >= 15 is 0 Å². The highest BCUT2D eigenvalue weighted by Gasteiger charge is 2.34. The Morgan fingerprint density at radius 2 is 2.00 bits per heavy atom. The fraction of sp³-hybridized carbons (Fsp3) is 0.353. The molecule has 0 bridgehead atoms. The molecule has 1 atom stereocenters. The normalized spacial score (nSPS) is 17.7. The van der Waals surface area contributed by atoms with Crippen molar-refractivity contribution in [2.75, 3.05) is 13.1 Å². The SMILES string of the molecule is O=C(c1ccccc1OC(F)(F)F)N1CCCC(Oc2cccnn2)C1. The average molecular weight is 367 g/mol. The standard InChI is InChI=1S/C17H16F3N3O3/c18-17(19,20)26-14-7-2-1-6-13(14)16(24)23-10-4-5-12(11-23)25-15-8-3-9-21-22-15/h1-3,6-9,12H,4-5,10-11H2. The van der Waals surface area contributed by atoms with Crippen molar-refractivity contribution in [3.63, 3.8) is 0 Å². The van der Waals surface area contributed by atoms with Crippen LogP contribution in [0.4, 0.5) is 13.2 Å². The third-order valence-corrected chi connectivity index (χ3v) is 3.84. The lowest BCUT2D eigenvalue weighted by Gasteiger charge is -2.32. The van der Waals surface area contributed by atoms with Crippen LogP contribution in [0.15, 0.2) is 42.6 Å². The van der Waals surface area contributed by atoms with Gasteiger partial charge in [0.05, 0.1) is 12.1 Å². The molecule has 6 nitrogen and oxygen atoms in total. The number of hydrogen-bond acceptors (Lipinski definition) is 5. The number of likely N-dealkylation sites (tertiary alicyclic amines) is 1. The van der Waals surface area contributed by atoms with Crippen LogP contribution in [0.25, 0.3) is 0 Å². The molecule has 1 aliphatic heterocycles. The highest BCUT2D eigenvalue weighted by atomic mass is 19.4. The quantitative estimate of drug-likeness (QED) is 0.831. The van der Waals surface area contributed by atoms with E-state index in [0.29, 0.717) is 25.3 Å². The molecule has 138 valence electrons. The predicted molar refractivity (Wildman–Crippen MR) is 84.7 cm³/mol. The third kappa shape index (κ3) is 4.62. The van der Waals surface area contributed by atoms with Gasteiger partial charge in [0.1, 0.15) is 11.9 Å². The minimum atomic E-state index is -4.87. The topological polar surface area (TPSA) is 64.5 Å². The van der Waals surface area contributed by atoms with Gasteiger partial charge >= 0.3 is 6.36 Å². The lowest BCUT2D eigenvalue weighted by molar-refractivity contribution is -0.274. The van der Waals surface area contributed by atoms with Crippen LogP contribution in [0, 0.1) is 0 Å². The Labute approximate surface area is 147 Å². The first-order valence-corrected chi connectivity index (χ1v) is 8.01. The molecule has 1 fully saturated rings. The summed E-state index contributed by atoms with van der Waals surface area (Å²) in [4.78, 5) is 14.2. The first-order valence-electron chi connectivity index (χ1n) is 8.01. The third-order valence-electron chi connectivity index (χ3n) is 3.84. The van der Waals surface area contributed by atoms with Gasteiger partial charge in [0.15, 0.2) is 0 Å². The van der Waals surface area contributed by atoms with Gasteiger partial charge in [-0.2, -0.15) is 5.10 Å². The first kappa shape index (κ1) is 18.0. The van der Waals surface area contributed by atoms with Crippen LogP contribution >= 0.6 is 0 Å². The fourth-order valence-corrected chi connectivity index (χ4v) is 2.77. The zero-order valence-corrected chi connectivity index (χ0v) is 13.6. The number of ether oxygens (including phenoxy) is 2. The van der Waals surface area contributed by atoms with Crippen molar-refractivity contribution in [1.29, 1.82) is 0 Å². The number of carbonyl (C=O) groups excluding carboxylic acids is 1. The van der Waals surface area contributed by atoms with E-state index in [-0.39, 0.29) is 18.2 Å². The Bertz CT molecular complexity index is 756. The van der Waals surface area contributed by atoms with Gasteiger partial charge in [-0.1, -0.05) is 12.1 Å². The minimum Gasteiger partial charge on any atom is -0.471 e. The molecule has 0 N–H and O–H groups in total. The molecule has 3 rings (SSSR count). The van der Waals surface area contributed by atoms with Crippen molar-refractivity contribution in [3.8, 4) is 11.6 Å². The van der Waals surface area contributed by atoms with Crippen LogP contribution in [-0.4, -0.2) is 46.6 Å². The zero-order valence-electron chi connectivity index (χ0n) is 13.6. The van der Waals surface area contributed by atoms with Crippen molar-refractivity contribution >= 4 is 5.91 Å². The Morgan fingerprint density at radius 3 is 2.73 bits per heavy atom. The molecule has 1 aromatic carbocycles. The summed E-state index contributed by atoms with van der Waals surface area (Å²) in [6.07, 6.45) is -2.28. The zero-order chi connectivity index (χ0) is 18.6. The van der Waals surface area contributed by atoms with Gasteiger partial charge < -0.3 is 14.4 Å². The Morgan fingerprint density at radius 1 is 1.19 bits per heavy atom. The van der Waals surface area contributed by atoms with Crippen molar-refractivity contribution in [2.24, 2.45) is 0 Å². The van der Waals surface area contributed by atoms with Crippen LogP contribution in [0.2, 0.25) is 0 Å². The number of hydrogen-bond donors (Lipinski definition) is 0. The van der Waals surface area contributed by atoms with E-state index in [9.17, 15) is 18.0 Å². The molecular weight excluding hydrogens is 351 g/mol. The highest BCUT2D eigenvalue weighted by molar-refractivity contribution is 5.97. The molecular formula is C17H16F3N3O3. The van der Waals surface area contributed by atoms with E-state index in [1.807, 2.05) is 0 Å². The molecule has 1 saturated heterocycles. The number of rotatable bonds is 4. The molecule has 0 radical (unpaired) electrons. The van der Waals surface area contributed by atoms with E-state index in [2.05, 4.69) is 14.9 Å². The molecule has 0 saturated carbocycles. The van der Waals surface area contributed by atoms with Crippen molar-refractivity contribution < 1.29 is 27.4 Å². The van der Waals surface area contributed by atoms with E-state index in [1.165, 1.54) is 29.3 Å². The second-order valence-corrected chi connectivity index (χ2v) is 5.74. The van der Waals surface area contributed by atoms with Gasteiger partial charge in [-0.25, -0.2) is 0 Å². The number of halogens is 3. The average Bonchev–Trinajstić information content (AvgIpc) is 2.61. The van der Waals surface area contributed by atoms with Gasteiger partial charge in [0, 0.05) is 18.8 Å². The van der Waals surface area contributed by atoms with Crippen LogP contribution in [0.5, 0.6) is 11.6 Å². The summed E-state index contributed by atoms with van der Waals surface area (Å²) in [5.74, 6) is -0.702. The molecule has 1 unspecified atom stereocenters. The summed E-state index contributed by atoms with van der Waals surface area (Å²) in [6.45, 7) is 0.676. The van der Waals surface area contributed by atoms with Crippen LogP contribution in [-0.2, 0) is 0 Å². The second kappa shape index (κ2) is 7.59. The lowest BCUT2D eigenvalue weighted by atomic mass is 10.1. The van der Waals surface area contributed by atoms with Gasteiger partial charge in [0.25, 0.3) is 5.91 Å². The van der Waals surface area contributed by atoms with E-state index in [0.717, 1.165) is 6.07 Å². The van der Waals surface area contributed by atoms with E-state index in [1.54, 1.807) is 12.1 Å². The lowest BCUT2D eigenvalue weighted by Crippen LogP contribution is -2.44. The van der Waals surface area contributed by atoms with Crippen molar-refractivity contribution in [2.45, 2.75) is 25.3 Å². The van der Waals surface area contributed by atoms with E-state index in [4.69, 9.17) is 4.74 Å². The number of aromatic nitrogens is 2. The monoisotopic (exact) mass is 367 g/mol. The van der Waals surface area contributed by atoms with E-state index < -0.39 is 18.0 Å². The number of alkyl halides is 3. The molecule has 2 aromatic rings. The van der Waals surface area contributed by atoms with Crippen LogP contribution in [0.1, 0.15) is 23.2 Å². The molecule has 0 aliphatic carbocycles. The maximum absolute atomic E-state index is 12.7. The van der Waals surface area contributed by atoms with Crippen LogP contribution in [0.3, 0.4) is 0 Å². The summed E-state index contributed by atoms with van der Waals surface area (Å²) >= 11 is 0. The summed E-state index contributed by atoms with van der Waals surface area (Å²) in [6, 6.07) is 8.65. The maximum Gasteiger partial charge on any atom is 0.573 e. The molecule has 1 aliphatic rings. The second-order valence-electron chi connectivity index (χ2n) is 5.74. The fourth-order valence-electron chi connectivity index (χ4n) is 2.77. The maximum atomic E-state index is 12.7. The molecule has 26 heavy (non-hydrogen) atoms. The molecule has 9 heteroatoms. The molecule has 0 spiro atoms. The van der Waals surface area contributed by atoms with Gasteiger partial charge in [-0.05, 0) is 31.0 Å². The number of benzene rings is 1. The smallest absolute Gasteiger partial charge is 0.471 e. The number of carbonyl (C=O) groups is 1. The summed E-state index contributed by atoms with van der Waals surface area (Å²) in [7, 11) is 0. The predicted octanol–water partition coefficient (Wildman–Crippen LogP) is 3.06. The largest absolute Gasteiger partial charge is 0.573 e. The Hall–Kier alpha value is -2.84. The number of nitrogens with zero attached hydrogens (tertiary/aromatic N) is 3. The minimum absolute atomic E-state index is 0.134. The van der Waals surface area contributed by atoms with Crippen molar-refractivity contribution in [1.82, 2.24) is 15.1 Å². The number of amides is 1. The number of piperidine rings is 1. The van der Waals surface area contributed by atoms with Gasteiger partial charge in [0.2, 0.25) is 5.88 Å². The first-order chi connectivity index (χ1) is 12.4. The highest BCUT2D eigenvalue weighted by Crippen LogP contribution is 2.28. The summed E-state index contributed by atoms with van der Waals surface area (Å²) in [5.41, 5.74) is -0.134. The Kier molecular flexibility index (Phi) is 5.24. The summed E-state index contributed by atoms with van der Waals surface area (Å²) in [5, 5.41) is 7.55. The molecule has 1 aromatic heterocycles. The van der Waals surface area contributed by atoms with Crippen molar-refractivity contribution in [3.05, 3.63) is 48.2 Å². The molecule has 2 heterocycles. The van der Waals surface area contributed by atoms with Crippen LogP contribution < -0.4 is 9.47 Å². The molecule has 1 amide bonds. The van der Waals surface area contributed by atoms with Gasteiger partial charge in [-0.3, -0.25) is 4.79 Å². The van der Waals surface area contributed by atoms with Gasteiger partial charge in [-0.15, -0.1) is 18.3 Å². The Balaban J connectivity index is 1.72. The summed E-state index contributed by atoms with van der Waals surface area (Å²) < 4.78 is 47.3.